The highest BCUT2D eigenvalue weighted by Crippen LogP contribution is 2.25. The number of carbonyl (C=O) groups excluding carboxylic acids is 1. The second kappa shape index (κ2) is 7.19. The Bertz CT molecular complexity index is 676. The Balaban J connectivity index is 2.10. The molecule has 0 fully saturated rings. The van der Waals surface area contributed by atoms with Crippen LogP contribution in [0.4, 0.5) is 0 Å². The van der Waals surface area contributed by atoms with Gasteiger partial charge in [-0.25, -0.2) is 0 Å². The highest BCUT2D eigenvalue weighted by Gasteiger charge is 2.27. The Morgan fingerprint density at radius 1 is 1.39 bits per heavy atom. The lowest BCUT2D eigenvalue weighted by Crippen LogP contribution is -2.39. The maximum Gasteiger partial charge on any atom is 0.265 e. The maximum atomic E-state index is 12.5. The van der Waals surface area contributed by atoms with Crippen LogP contribution in [-0.4, -0.2) is 33.2 Å². The third kappa shape index (κ3) is 4.59. The third-order valence-electron chi connectivity index (χ3n) is 3.52. The fourth-order valence-corrected chi connectivity index (χ4v) is 3.15. The van der Waals surface area contributed by atoms with Gasteiger partial charge >= 0.3 is 0 Å². The number of aryl methyl sites for hydroxylation is 1. The van der Waals surface area contributed by atoms with Gasteiger partial charge < -0.3 is 10.4 Å². The van der Waals surface area contributed by atoms with Gasteiger partial charge in [-0.2, -0.15) is 0 Å². The number of rotatable bonds is 5. The van der Waals surface area contributed by atoms with E-state index >= 15 is 0 Å². The van der Waals surface area contributed by atoms with E-state index in [9.17, 15) is 9.90 Å². The number of aliphatic hydroxyl groups is 1. The fourth-order valence-electron chi connectivity index (χ4n) is 2.37. The summed E-state index contributed by atoms with van der Waals surface area (Å²) in [6.45, 7) is 7.90. The Morgan fingerprint density at radius 3 is 2.74 bits per heavy atom. The van der Waals surface area contributed by atoms with E-state index in [0.717, 1.165) is 22.7 Å². The maximum absolute atomic E-state index is 12.5. The van der Waals surface area contributed by atoms with Gasteiger partial charge in [0, 0.05) is 5.41 Å². The summed E-state index contributed by atoms with van der Waals surface area (Å²) in [6.07, 6.45) is 0.584. The molecule has 1 amide bonds. The molecule has 0 spiro atoms. The molecular formula is C17H23N3O2S. The number of carbonyl (C=O) groups is 1. The van der Waals surface area contributed by atoms with Gasteiger partial charge in [0.25, 0.3) is 5.91 Å². The zero-order valence-electron chi connectivity index (χ0n) is 14.0. The van der Waals surface area contributed by atoms with Crippen molar-refractivity contribution in [1.29, 1.82) is 0 Å². The standard InChI is InChI=1S/C17H23N3O2S/c1-11-6-5-7-12(8-11)9-13(10-21)18-16(22)14-15(17(2,3)4)19-20-23-14/h5-8,13,21H,9-10H2,1-4H3,(H,18,22)/t13-/m0/s1. The summed E-state index contributed by atoms with van der Waals surface area (Å²) in [6, 6.07) is 7.72. The smallest absolute Gasteiger partial charge is 0.265 e. The lowest BCUT2D eigenvalue weighted by molar-refractivity contribution is 0.0918. The minimum Gasteiger partial charge on any atom is -0.394 e. The number of nitrogens with one attached hydrogen (secondary N) is 1. The number of benzene rings is 1. The SMILES string of the molecule is Cc1cccc(C[C@@H](CO)NC(=O)c2snnc2C(C)(C)C)c1. The zero-order valence-corrected chi connectivity index (χ0v) is 14.8. The zero-order chi connectivity index (χ0) is 17.0. The summed E-state index contributed by atoms with van der Waals surface area (Å²) >= 11 is 1.09. The van der Waals surface area contributed by atoms with Crippen molar-refractivity contribution in [2.45, 2.75) is 45.6 Å². The molecule has 6 heteroatoms. The van der Waals surface area contributed by atoms with Crippen molar-refractivity contribution in [1.82, 2.24) is 14.9 Å². The molecule has 0 saturated heterocycles. The molecule has 0 aliphatic heterocycles. The first kappa shape index (κ1) is 17.6. The Hall–Kier alpha value is -1.79. The molecule has 1 aromatic carbocycles. The van der Waals surface area contributed by atoms with Gasteiger partial charge in [0.15, 0.2) is 0 Å². The van der Waals surface area contributed by atoms with Crippen molar-refractivity contribution in [3.05, 3.63) is 46.0 Å². The number of nitrogens with zero attached hydrogens (tertiary/aromatic N) is 2. The largest absolute Gasteiger partial charge is 0.394 e. The molecule has 2 aromatic rings. The molecule has 5 nitrogen and oxygen atoms in total. The molecule has 0 bridgehead atoms. The molecule has 1 heterocycles. The highest BCUT2D eigenvalue weighted by atomic mass is 32.1. The van der Waals surface area contributed by atoms with Gasteiger partial charge in [-0.05, 0) is 30.4 Å². The molecule has 2 N–H and O–H groups in total. The van der Waals surface area contributed by atoms with Crippen LogP contribution < -0.4 is 5.32 Å². The van der Waals surface area contributed by atoms with Crippen molar-refractivity contribution >= 4 is 17.4 Å². The van der Waals surface area contributed by atoms with E-state index in [2.05, 4.69) is 21.0 Å². The van der Waals surface area contributed by atoms with E-state index in [1.54, 1.807) is 0 Å². The number of aliphatic hydroxyl groups excluding tert-OH is 1. The van der Waals surface area contributed by atoms with Crippen molar-refractivity contribution in [3.8, 4) is 0 Å². The lowest BCUT2D eigenvalue weighted by atomic mass is 9.91. The summed E-state index contributed by atoms with van der Waals surface area (Å²) < 4.78 is 3.91. The van der Waals surface area contributed by atoms with Crippen LogP contribution >= 0.6 is 11.5 Å². The van der Waals surface area contributed by atoms with Crippen LogP contribution in [-0.2, 0) is 11.8 Å². The van der Waals surface area contributed by atoms with Gasteiger partial charge in [-0.15, -0.1) is 5.10 Å². The highest BCUT2D eigenvalue weighted by molar-refractivity contribution is 7.08. The van der Waals surface area contributed by atoms with E-state index in [4.69, 9.17) is 0 Å². The van der Waals surface area contributed by atoms with Crippen molar-refractivity contribution < 1.29 is 9.90 Å². The molecule has 0 aliphatic carbocycles. The molecule has 0 unspecified atom stereocenters. The Labute approximate surface area is 140 Å². The molecule has 0 radical (unpaired) electrons. The average molecular weight is 333 g/mol. The fraction of sp³-hybridized carbons (Fsp3) is 0.471. The van der Waals surface area contributed by atoms with Gasteiger partial charge in [0.05, 0.1) is 18.3 Å². The van der Waals surface area contributed by atoms with Gasteiger partial charge in [0.2, 0.25) is 0 Å². The van der Waals surface area contributed by atoms with Crippen molar-refractivity contribution in [2.24, 2.45) is 0 Å². The molecular weight excluding hydrogens is 310 g/mol. The van der Waals surface area contributed by atoms with Crippen molar-refractivity contribution in [2.75, 3.05) is 6.61 Å². The minimum atomic E-state index is -0.334. The predicted octanol–water partition coefficient (Wildman–Crippen LogP) is 2.48. The van der Waals surface area contributed by atoms with Gasteiger partial charge in [-0.3, -0.25) is 4.79 Å². The molecule has 23 heavy (non-hydrogen) atoms. The van der Waals surface area contributed by atoms with E-state index in [1.807, 2.05) is 45.9 Å². The van der Waals surface area contributed by atoms with Crippen LogP contribution in [0.5, 0.6) is 0 Å². The molecule has 0 aliphatic rings. The Morgan fingerprint density at radius 2 is 2.13 bits per heavy atom. The van der Waals surface area contributed by atoms with Crippen LogP contribution in [0.1, 0.15) is 47.3 Å². The second-order valence-electron chi connectivity index (χ2n) is 6.75. The number of amides is 1. The summed E-state index contributed by atoms with van der Waals surface area (Å²) in [4.78, 5) is 13.0. The lowest BCUT2D eigenvalue weighted by Gasteiger charge is -2.19. The first-order chi connectivity index (χ1) is 10.8. The molecule has 0 saturated carbocycles. The topological polar surface area (TPSA) is 75.1 Å². The second-order valence-corrected chi connectivity index (χ2v) is 7.50. The van der Waals surface area contributed by atoms with Gasteiger partial charge in [0.1, 0.15) is 4.88 Å². The quantitative estimate of drug-likeness (QED) is 0.881. The van der Waals surface area contributed by atoms with E-state index in [1.165, 1.54) is 0 Å². The molecule has 124 valence electrons. The number of aromatic nitrogens is 2. The normalized spacial score (nSPS) is 12.9. The third-order valence-corrected chi connectivity index (χ3v) is 4.25. The monoisotopic (exact) mass is 333 g/mol. The summed E-state index contributed by atoms with van der Waals surface area (Å²) in [5, 5.41) is 16.6. The van der Waals surface area contributed by atoms with Gasteiger partial charge in [-0.1, -0.05) is 55.1 Å². The Kier molecular flexibility index (Phi) is 5.49. The molecule has 2 rings (SSSR count). The number of hydrogen-bond donors (Lipinski definition) is 2. The minimum absolute atomic E-state index is 0.114. The number of hydrogen-bond acceptors (Lipinski definition) is 5. The predicted molar refractivity (Wildman–Crippen MR) is 91.8 cm³/mol. The summed E-state index contributed by atoms with van der Waals surface area (Å²) in [5.74, 6) is -0.225. The van der Waals surface area contributed by atoms with Crippen LogP contribution in [0.3, 0.4) is 0 Å². The first-order valence-electron chi connectivity index (χ1n) is 7.61. The van der Waals surface area contributed by atoms with E-state index in [0.29, 0.717) is 17.0 Å². The molecule has 1 atom stereocenters. The van der Waals surface area contributed by atoms with E-state index in [-0.39, 0.29) is 24.0 Å². The summed E-state index contributed by atoms with van der Waals surface area (Å²) in [5.41, 5.74) is 2.69. The van der Waals surface area contributed by atoms with Crippen molar-refractivity contribution in [3.63, 3.8) is 0 Å². The van der Waals surface area contributed by atoms with Crippen LogP contribution in [0, 0.1) is 6.92 Å². The van der Waals surface area contributed by atoms with Crippen LogP contribution in [0.2, 0.25) is 0 Å². The molecule has 1 aromatic heterocycles. The van der Waals surface area contributed by atoms with Crippen LogP contribution in [0.25, 0.3) is 0 Å². The average Bonchev–Trinajstić information content (AvgIpc) is 2.96. The van der Waals surface area contributed by atoms with E-state index < -0.39 is 0 Å². The first-order valence-corrected chi connectivity index (χ1v) is 8.38. The summed E-state index contributed by atoms with van der Waals surface area (Å²) in [7, 11) is 0. The van der Waals surface area contributed by atoms with Crippen LogP contribution in [0.15, 0.2) is 24.3 Å².